The third-order valence-corrected chi connectivity index (χ3v) is 4.95. The molecule has 24 heavy (non-hydrogen) atoms. The van der Waals surface area contributed by atoms with Crippen molar-refractivity contribution < 1.29 is 24.2 Å². The minimum Gasteiger partial charge on any atom is -0.496 e. The number of methoxy groups -OCH3 is 1. The highest BCUT2D eigenvalue weighted by molar-refractivity contribution is 5.91. The van der Waals surface area contributed by atoms with Gasteiger partial charge in [-0.2, -0.15) is 0 Å². The lowest BCUT2D eigenvalue weighted by atomic mass is 9.92. The standard InChI is InChI=1S/C18H23NO5/c1-12-3-4-13(9-15(12)23-2)18(5-6-18)17(22)19-7-8-24-14(11-19)10-16(20)21/h3-4,9,14H,5-8,10-11H2,1-2H3,(H,20,21)/t14-/m0/s1. The summed E-state index contributed by atoms with van der Waals surface area (Å²) < 4.78 is 10.8. The van der Waals surface area contributed by atoms with E-state index in [1.54, 1.807) is 12.0 Å². The van der Waals surface area contributed by atoms with E-state index in [-0.39, 0.29) is 12.3 Å². The molecule has 0 radical (unpaired) electrons. The van der Waals surface area contributed by atoms with Gasteiger partial charge in [0, 0.05) is 13.1 Å². The molecule has 1 N–H and O–H groups in total. The first kappa shape index (κ1) is 16.8. The molecular formula is C18H23NO5. The Morgan fingerprint density at radius 3 is 2.79 bits per heavy atom. The van der Waals surface area contributed by atoms with Gasteiger partial charge in [0.05, 0.1) is 31.7 Å². The van der Waals surface area contributed by atoms with Crippen LogP contribution in [0.3, 0.4) is 0 Å². The molecule has 1 aromatic carbocycles. The molecule has 1 atom stereocenters. The molecule has 1 aliphatic carbocycles. The summed E-state index contributed by atoms with van der Waals surface area (Å²) in [4.78, 5) is 25.7. The van der Waals surface area contributed by atoms with Gasteiger partial charge >= 0.3 is 5.97 Å². The average molecular weight is 333 g/mol. The SMILES string of the molecule is COc1cc(C2(C(=O)N3CCO[C@@H](CC(=O)O)C3)CC2)ccc1C. The fourth-order valence-corrected chi connectivity index (χ4v) is 3.39. The monoisotopic (exact) mass is 333 g/mol. The molecule has 3 rings (SSSR count). The van der Waals surface area contributed by atoms with Crippen LogP contribution in [0.15, 0.2) is 18.2 Å². The van der Waals surface area contributed by atoms with E-state index in [4.69, 9.17) is 14.6 Å². The molecular weight excluding hydrogens is 310 g/mol. The molecule has 0 unspecified atom stereocenters. The molecule has 0 aromatic heterocycles. The molecule has 130 valence electrons. The van der Waals surface area contributed by atoms with E-state index in [0.29, 0.717) is 19.7 Å². The third-order valence-electron chi connectivity index (χ3n) is 4.95. The van der Waals surface area contributed by atoms with Crippen LogP contribution >= 0.6 is 0 Å². The number of carbonyl (C=O) groups is 2. The number of carbonyl (C=O) groups excluding carboxylic acids is 1. The van der Waals surface area contributed by atoms with Crippen LogP contribution in [0, 0.1) is 6.92 Å². The number of carboxylic acids is 1. The number of ether oxygens (including phenoxy) is 2. The molecule has 2 aliphatic rings. The van der Waals surface area contributed by atoms with Crippen molar-refractivity contribution in [3.63, 3.8) is 0 Å². The lowest BCUT2D eigenvalue weighted by molar-refractivity contribution is -0.149. The molecule has 6 heteroatoms. The maximum absolute atomic E-state index is 13.1. The summed E-state index contributed by atoms with van der Waals surface area (Å²) >= 11 is 0. The van der Waals surface area contributed by atoms with Gasteiger partial charge in [0.15, 0.2) is 0 Å². The van der Waals surface area contributed by atoms with Crippen LogP contribution in [0.1, 0.15) is 30.4 Å². The zero-order valence-corrected chi connectivity index (χ0v) is 14.1. The first-order valence-electron chi connectivity index (χ1n) is 8.24. The first-order chi connectivity index (χ1) is 11.5. The molecule has 0 spiro atoms. The number of nitrogens with zero attached hydrogens (tertiary/aromatic N) is 1. The van der Waals surface area contributed by atoms with Gasteiger partial charge in [0.1, 0.15) is 5.75 Å². The van der Waals surface area contributed by atoms with Gasteiger partial charge in [0.2, 0.25) is 5.91 Å². The second-order valence-corrected chi connectivity index (χ2v) is 6.61. The Morgan fingerprint density at radius 1 is 1.42 bits per heavy atom. The van der Waals surface area contributed by atoms with Gasteiger partial charge in [-0.15, -0.1) is 0 Å². The Morgan fingerprint density at radius 2 is 2.17 bits per heavy atom. The van der Waals surface area contributed by atoms with E-state index in [9.17, 15) is 9.59 Å². The Kier molecular flexibility index (Phi) is 4.49. The number of hydrogen-bond acceptors (Lipinski definition) is 4. The quantitative estimate of drug-likeness (QED) is 0.888. The van der Waals surface area contributed by atoms with Crippen LogP contribution in [0.5, 0.6) is 5.75 Å². The van der Waals surface area contributed by atoms with Crippen molar-refractivity contribution in [3.05, 3.63) is 29.3 Å². The highest BCUT2D eigenvalue weighted by Crippen LogP contribution is 2.50. The molecule has 6 nitrogen and oxygen atoms in total. The van der Waals surface area contributed by atoms with Crippen molar-refractivity contribution in [3.8, 4) is 5.75 Å². The van der Waals surface area contributed by atoms with Crippen LogP contribution in [0.2, 0.25) is 0 Å². The Bertz CT molecular complexity index is 653. The van der Waals surface area contributed by atoms with Crippen LogP contribution in [0.25, 0.3) is 0 Å². The maximum atomic E-state index is 13.1. The van der Waals surface area contributed by atoms with Crippen LogP contribution in [0.4, 0.5) is 0 Å². The third kappa shape index (κ3) is 3.11. The lowest BCUT2D eigenvalue weighted by Gasteiger charge is -2.35. The van der Waals surface area contributed by atoms with E-state index in [1.165, 1.54) is 0 Å². The zero-order chi connectivity index (χ0) is 17.3. The van der Waals surface area contributed by atoms with Crippen molar-refractivity contribution in [2.75, 3.05) is 26.8 Å². The second-order valence-electron chi connectivity index (χ2n) is 6.61. The summed E-state index contributed by atoms with van der Waals surface area (Å²) in [5, 5.41) is 8.93. The van der Waals surface area contributed by atoms with Crippen molar-refractivity contribution in [1.29, 1.82) is 0 Å². The van der Waals surface area contributed by atoms with Crippen molar-refractivity contribution in [2.45, 2.75) is 37.7 Å². The number of rotatable bonds is 5. The summed E-state index contributed by atoms with van der Waals surface area (Å²) in [7, 11) is 1.63. The number of aliphatic carboxylic acids is 1. The molecule has 1 saturated heterocycles. The van der Waals surface area contributed by atoms with Crippen LogP contribution in [-0.4, -0.2) is 54.8 Å². The molecule has 1 aliphatic heterocycles. The predicted octanol–water partition coefficient (Wildman–Crippen LogP) is 1.74. The number of benzene rings is 1. The minimum absolute atomic E-state index is 0.0743. The van der Waals surface area contributed by atoms with Crippen molar-refractivity contribution in [1.82, 2.24) is 4.90 Å². The highest BCUT2D eigenvalue weighted by Gasteiger charge is 2.53. The van der Waals surface area contributed by atoms with Gasteiger partial charge in [-0.1, -0.05) is 12.1 Å². The summed E-state index contributed by atoms with van der Waals surface area (Å²) in [5.41, 5.74) is 1.54. The Balaban J connectivity index is 1.77. The molecule has 1 amide bonds. The first-order valence-corrected chi connectivity index (χ1v) is 8.24. The van der Waals surface area contributed by atoms with E-state index in [0.717, 1.165) is 29.7 Å². The fourth-order valence-electron chi connectivity index (χ4n) is 3.39. The van der Waals surface area contributed by atoms with Gasteiger partial charge in [0.25, 0.3) is 0 Å². The number of aryl methyl sites for hydroxylation is 1. The smallest absolute Gasteiger partial charge is 0.306 e. The Hall–Kier alpha value is -2.08. The highest BCUT2D eigenvalue weighted by atomic mass is 16.5. The van der Waals surface area contributed by atoms with Gasteiger partial charge in [-0.3, -0.25) is 9.59 Å². The summed E-state index contributed by atoms with van der Waals surface area (Å²) in [5.74, 6) is -0.0388. The number of amides is 1. The van der Waals surface area contributed by atoms with E-state index in [2.05, 4.69) is 0 Å². The maximum Gasteiger partial charge on any atom is 0.306 e. The van der Waals surface area contributed by atoms with E-state index < -0.39 is 17.5 Å². The number of hydrogen-bond donors (Lipinski definition) is 1. The summed E-state index contributed by atoms with van der Waals surface area (Å²) in [6.45, 7) is 3.22. The summed E-state index contributed by atoms with van der Waals surface area (Å²) in [6, 6.07) is 5.93. The molecule has 2 fully saturated rings. The number of carboxylic acid groups (broad SMARTS) is 1. The largest absolute Gasteiger partial charge is 0.496 e. The average Bonchev–Trinajstić information content (AvgIpc) is 3.36. The number of morpholine rings is 1. The van der Waals surface area contributed by atoms with Crippen molar-refractivity contribution >= 4 is 11.9 Å². The predicted molar refractivity (Wildman–Crippen MR) is 87.2 cm³/mol. The molecule has 1 aromatic rings. The zero-order valence-electron chi connectivity index (χ0n) is 14.1. The molecule has 0 bridgehead atoms. The topological polar surface area (TPSA) is 76.1 Å². The lowest BCUT2D eigenvalue weighted by Crippen LogP contribution is -2.49. The van der Waals surface area contributed by atoms with E-state index in [1.807, 2.05) is 25.1 Å². The van der Waals surface area contributed by atoms with Crippen LogP contribution < -0.4 is 4.74 Å². The van der Waals surface area contributed by atoms with Crippen molar-refractivity contribution in [2.24, 2.45) is 0 Å². The van der Waals surface area contributed by atoms with Gasteiger partial charge in [-0.05, 0) is 37.0 Å². The van der Waals surface area contributed by atoms with Gasteiger partial charge in [-0.25, -0.2) is 0 Å². The normalized spacial score (nSPS) is 22.1. The van der Waals surface area contributed by atoms with Gasteiger partial charge < -0.3 is 19.5 Å². The fraction of sp³-hybridized carbons (Fsp3) is 0.556. The van der Waals surface area contributed by atoms with Crippen LogP contribution in [-0.2, 0) is 19.7 Å². The second kappa shape index (κ2) is 6.43. The molecule has 1 saturated carbocycles. The Labute approximate surface area is 141 Å². The minimum atomic E-state index is -0.904. The molecule has 1 heterocycles. The summed E-state index contributed by atoms with van der Waals surface area (Å²) in [6.07, 6.45) is 1.14. The van der Waals surface area contributed by atoms with E-state index >= 15 is 0 Å².